The number of nitrogens with one attached hydrogen (secondary N) is 2. The Labute approximate surface area is 106 Å². The van der Waals surface area contributed by atoms with Gasteiger partial charge in [0.2, 0.25) is 11.8 Å². The molecule has 4 N–H and O–H groups in total. The van der Waals surface area contributed by atoms with Gasteiger partial charge in [-0.15, -0.1) is 12.4 Å². The van der Waals surface area contributed by atoms with Gasteiger partial charge >= 0.3 is 0 Å². The van der Waals surface area contributed by atoms with Crippen molar-refractivity contribution in [2.75, 3.05) is 17.2 Å². The highest BCUT2D eigenvalue weighted by Crippen LogP contribution is 2.20. The number of amides is 2. The Balaban J connectivity index is 0.00000256. The minimum atomic E-state index is -0.261. The second kappa shape index (κ2) is 6.88. The molecular weight excluding hydrogens is 242 g/mol. The molecule has 0 aromatic heterocycles. The van der Waals surface area contributed by atoms with Gasteiger partial charge in [0.05, 0.1) is 6.54 Å². The summed E-state index contributed by atoms with van der Waals surface area (Å²) >= 11 is 0. The van der Waals surface area contributed by atoms with Crippen LogP contribution in [0.5, 0.6) is 0 Å². The first-order valence-electron chi connectivity index (χ1n) is 4.91. The highest BCUT2D eigenvalue weighted by molar-refractivity contribution is 5.94. The first-order chi connectivity index (χ1) is 7.52. The van der Waals surface area contributed by atoms with Crippen molar-refractivity contribution in [3.05, 3.63) is 23.8 Å². The molecule has 1 rings (SSSR count). The van der Waals surface area contributed by atoms with E-state index >= 15 is 0 Å². The van der Waals surface area contributed by atoms with Gasteiger partial charge < -0.3 is 16.4 Å². The molecule has 0 aliphatic carbocycles. The number of aryl methyl sites for hydroxylation is 1. The molecule has 17 heavy (non-hydrogen) atoms. The molecule has 0 atom stereocenters. The number of hydrogen-bond donors (Lipinski definition) is 3. The number of hydrogen-bond acceptors (Lipinski definition) is 3. The number of anilines is 2. The molecule has 0 aliphatic rings. The fourth-order valence-electron chi connectivity index (χ4n) is 1.24. The fraction of sp³-hybridized carbons (Fsp3) is 0.273. The van der Waals surface area contributed by atoms with Crippen molar-refractivity contribution in [3.8, 4) is 0 Å². The van der Waals surface area contributed by atoms with Crippen LogP contribution in [-0.2, 0) is 9.59 Å². The molecule has 0 fully saturated rings. The predicted molar refractivity (Wildman–Crippen MR) is 70.4 cm³/mol. The van der Waals surface area contributed by atoms with E-state index in [0.29, 0.717) is 11.4 Å². The number of carbonyl (C=O) groups is 2. The zero-order valence-corrected chi connectivity index (χ0v) is 10.6. The van der Waals surface area contributed by atoms with Gasteiger partial charge in [-0.25, -0.2) is 0 Å². The Morgan fingerprint density at radius 3 is 2.47 bits per heavy atom. The molecular formula is C11H16ClN3O2. The van der Waals surface area contributed by atoms with Gasteiger partial charge in [-0.1, -0.05) is 6.07 Å². The van der Waals surface area contributed by atoms with Crippen molar-refractivity contribution in [2.24, 2.45) is 5.73 Å². The monoisotopic (exact) mass is 257 g/mol. The normalized spacial score (nSPS) is 9.12. The van der Waals surface area contributed by atoms with Crippen molar-refractivity contribution in [1.29, 1.82) is 0 Å². The summed E-state index contributed by atoms with van der Waals surface area (Å²) in [5, 5.41) is 5.30. The topological polar surface area (TPSA) is 84.2 Å². The van der Waals surface area contributed by atoms with Gasteiger partial charge in [0.1, 0.15) is 0 Å². The maximum atomic E-state index is 11.1. The van der Waals surface area contributed by atoms with Gasteiger partial charge in [0.25, 0.3) is 0 Å². The van der Waals surface area contributed by atoms with E-state index in [0.717, 1.165) is 5.56 Å². The quantitative estimate of drug-likeness (QED) is 0.762. The van der Waals surface area contributed by atoms with Crippen LogP contribution < -0.4 is 16.4 Å². The number of halogens is 1. The van der Waals surface area contributed by atoms with Crippen LogP contribution in [0.2, 0.25) is 0 Å². The van der Waals surface area contributed by atoms with Crippen molar-refractivity contribution in [3.63, 3.8) is 0 Å². The summed E-state index contributed by atoms with van der Waals surface area (Å²) in [7, 11) is 0. The molecule has 1 aromatic rings. The first-order valence-corrected chi connectivity index (χ1v) is 4.91. The van der Waals surface area contributed by atoms with E-state index in [9.17, 15) is 9.59 Å². The average molecular weight is 258 g/mol. The Kier molecular flexibility index (Phi) is 6.23. The van der Waals surface area contributed by atoms with E-state index in [4.69, 9.17) is 5.73 Å². The van der Waals surface area contributed by atoms with E-state index in [-0.39, 0.29) is 30.8 Å². The average Bonchev–Trinajstić information content (AvgIpc) is 2.22. The standard InChI is InChI=1S/C11H15N3O2.ClH/c1-7-3-4-9(13-8(2)15)5-10(7)14-11(16)6-12;/h3-5H,6,12H2,1-2H3,(H,13,15)(H,14,16);1H. The van der Waals surface area contributed by atoms with Crippen molar-refractivity contribution in [2.45, 2.75) is 13.8 Å². The zero-order valence-electron chi connectivity index (χ0n) is 9.74. The Morgan fingerprint density at radius 2 is 1.94 bits per heavy atom. The van der Waals surface area contributed by atoms with Gasteiger partial charge in [-0.05, 0) is 24.6 Å². The lowest BCUT2D eigenvalue weighted by Gasteiger charge is -2.10. The maximum absolute atomic E-state index is 11.1. The Bertz CT molecular complexity index is 421. The lowest BCUT2D eigenvalue weighted by Crippen LogP contribution is -2.22. The van der Waals surface area contributed by atoms with Crippen LogP contribution in [0.15, 0.2) is 18.2 Å². The number of benzene rings is 1. The lowest BCUT2D eigenvalue weighted by molar-refractivity contribution is -0.115. The number of nitrogens with two attached hydrogens (primary N) is 1. The maximum Gasteiger partial charge on any atom is 0.238 e. The summed E-state index contributed by atoms with van der Waals surface area (Å²) in [6.45, 7) is 3.23. The van der Waals surface area contributed by atoms with Crippen molar-refractivity contribution < 1.29 is 9.59 Å². The molecule has 0 radical (unpaired) electrons. The van der Waals surface area contributed by atoms with Gasteiger partial charge in [-0.3, -0.25) is 9.59 Å². The molecule has 5 nitrogen and oxygen atoms in total. The summed E-state index contributed by atoms with van der Waals surface area (Å²) in [5.74, 6) is -0.414. The molecule has 0 aliphatic heterocycles. The second-order valence-electron chi connectivity index (χ2n) is 3.46. The van der Waals surface area contributed by atoms with Gasteiger partial charge in [0.15, 0.2) is 0 Å². The second-order valence-corrected chi connectivity index (χ2v) is 3.46. The third-order valence-corrected chi connectivity index (χ3v) is 2.02. The van der Waals surface area contributed by atoms with Crippen LogP contribution in [-0.4, -0.2) is 18.4 Å². The Hall–Kier alpha value is -1.59. The van der Waals surface area contributed by atoms with Crippen LogP contribution in [0.3, 0.4) is 0 Å². The predicted octanol–water partition coefficient (Wildman–Crippen LogP) is 1.27. The highest BCUT2D eigenvalue weighted by Gasteiger charge is 2.04. The first kappa shape index (κ1) is 15.4. The largest absolute Gasteiger partial charge is 0.326 e. The smallest absolute Gasteiger partial charge is 0.238 e. The van der Waals surface area contributed by atoms with Crippen LogP contribution >= 0.6 is 12.4 Å². The van der Waals surface area contributed by atoms with E-state index in [1.54, 1.807) is 12.1 Å². The third-order valence-electron chi connectivity index (χ3n) is 2.02. The summed E-state index contributed by atoms with van der Waals surface area (Å²) < 4.78 is 0. The van der Waals surface area contributed by atoms with E-state index in [1.165, 1.54) is 6.92 Å². The minimum absolute atomic E-state index is 0. The van der Waals surface area contributed by atoms with Crippen LogP contribution in [0.25, 0.3) is 0 Å². The molecule has 94 valence electrons. The molecule has 0 saturated carbocycles. The van der Waals surface area contributed by atoms with E-state index in [1.807, 2.05) is 13.0 Å². The highest BCUT2D eigenvalue weighted by atomic mass is 35.5. The van der Waals surface area contributed by atoms with Gasteiger partial charge in [-0.2, -0.15) is 0 Å². The van der Waals surface area contributed by atoms with Crippen molar-refractivity contribution >= 4 is 35.6 Å². The number of carbonyl (C=O) groups excluding carboxylic acids is 2. The minimum Gasteiger partial charge on any atom is -0.326 e. The molecule has 0 spiro atoms. The van der Waals surface area contributed by atoms with E-state index in [2.05, 4.69) is 10.6 Å². The lowest BCUT2D eigenvalue weighted by atomic mass is 10.1. The third kappa shape index (κ3) is 4.84. The van der Waals surface area contributed by atoms with E-state index < -0.39 is 0 Å². The molecule has 0 bridgehead atoms. The van der Waals surface area contributed by atoms with Gasteiger partial charge in [0, 0.05) is 18.3 Å². The number of rotatable bonds is 3. The molecule has 0 heterocycles. The van der Waals surface area contributed by atoms with Crippen molar-refractivity contribution in [1.82, 2.24) is 0 Å². The molecule has 0 unspecified atom stereocenters. The molecule has 2 amide bonds. The summed E-state index contributed by atoms with van der Waals surface area (Å²) in [6.07, 6.45) is 0. The van der Waals surface area contributed by atoms with Crippen LogP contribution in [0.4, 0.5) is 11.4 Å². The molecule has 6 heteroatoms. The summed E-state index contributed by atoms with van der Waals surface area (Å²) in [5.41, 5.74) is 7.42. The van der Waals surface area contributed by atoms with Crippen LogP contribution in [0.1, 0.15) is 12.5 Å². The molecule has 0 saturated heterocycles. The zero-order chi connectivity index (χ0) is 12.1. The summed E-state index contributed by atoms with van der Waals surface area (Å²) in [6, 6.07) is 5.29. The molecule has 1 aromatic carbocycles. The summed E-state index contributed by atoms with van der Waals surface area (Å²) in [4.78, 5) is 22.0. The fourth-order valence-corrected chi connectivity index (χ4v) is 1.24. The van der Waals surface area contributed by atoms with Crippen LogP contribution in [0, 0.1) is 6.92 Å². The SMILES string of the molecule is CC(=O)Nc1ccc(C)c(NC(=O)CN)c1.Cl. The Morgan fingerprint density at radius 1 is 1.29 bits per heavy atom.